The molecule has 1 unspecified atom stereocenters. The van der Waals surface area contributed by atoms with Crippen LogP contribution in [0.2, 0.25) is 0 Å². The topological polar surface area (TPSA) is 84.4 Å². The third-order valence-corrected chi connectivity index (χ3v) is 3.48. The summed E-state index contributed by atoms with van der Waals surface area (Å²) in [6.07, 6.45) is 4.66. The highest BCUT2D eigenvalue weighted by molar-refractivity contribution is 7.98. The lowest BCUT2D eigenvalue weighted by Crippen LogP contribution is -2.48. The molecular weight excluding hydrogens is 280 g/mol. The van der Waals surface area contributed by atoms with Gasteiger partial charge in [0.1, 0.15) is 6.61 Å². The van der Waals surface area contributed by atoms with Crippen LogP contribution in [0.1, 0.15) is 10.4 Å². The number of thioether (sulfide) groups is 1. The minimum absolute atomic E-state index is 0.0476. The highest BCUT2D eigenvalue weighted by atomic mass is 32.2. The van der Waals surface area contributed by atoms with Gasteiger partial charge >= 0.3 is 0 Å². The molecule has 1 N–H and O–H groups in total. The second-order valence-electron chi connectivity index (χ2n) is 4.38. The van der Waals surface area contributed by atoms with Crippen molar-refractivity contribution in [2.24, 2.45) is 0 Å². The first-order valence-electron chi connectivity index (χ1n) is 6.10. The van der Waals surface area contributed by atoms with Gasteiger partial charge in [0, 0.05) is 32.5 Å². The summed E-state index contributed by atoms with van der Waals surface area (Å²) < 4.78 is 5.34. The molecule has 1 atom stereocenters. The fourth-order valence-corrected chi connectivity index (χ4v) is 2.05. The Morgan fingerprint density at radius 1 is 1.55 bits per heavy atom. The van der Waals surface area contributed by atoms with Crippen molar-refractivity contribution in [1.29, 1.82) is 0 Å². The molecule has 1 fully saturated rings. The molecule has 8 heteroatoms. The Morgan fingerprint density at radius 3 is 2.85 bits per heavy atom. The summed E-state index contributed by atoms with van der Waals surface area (Å²) in [5.41, 5.74) is 0.406. The molecule has 0 saturated carbocycles. The maximum atomic E-state index is 11.9. The first-order chi connectivity index (χ1) is 9.60. The first-order valence-corrected chi connectivity index (χ1v) is 7.32. The average molecular weight is 296 g/mol. The van der Waals surface area contributed by atoms with Crippen LogP contribution in [-0.4, -0.2) is 65.8 Å². The van der Waals surface area contributed by atoms with E-state index in [2.05, 4.69) is 15.3 Å². The molecule has 1 aliphatic rings. The summed E-state index contributed by atoms with van der Waals surface area (Å²) in [5.74, 6) is -0.297. The van der Waals surface area contributed by atoms with Gasteiger partial charge in [-0.25, -0.2) is 9.97 Å². The van der Waals surface area contributed by atoms with Gasteiger partial charge in [-0.1, -0.05) is 11.8 Å². The Morgan fingerprint density at radius 2 is 2.25 bits per heavy atom. The smallest absolute Gasteiger partial charge is 0.254 e. The fraction of sp³-hybridized carbons (Fsp3) is 0.500. The van der Waals surface area contributed by atoms with E-state index in [1.165, 1.54) is 24.2 Å². The summed E-state index contributed by atoms with van der Waals surface area (Å²) in [4.78, 5) is 32.8. The fourth-order valence-electron chi connectivity index (χ4n) is 1.73. The van der Waals surface area contributed by atoms with Gasteiger partial charge in [0.05, 0.1) is 11.7 Å². The van der Waals surface area contributed by atoms with Gasteiger partial charge in [0.15, 0.2) is 5.16 Å². The van der Waals surface area contributed by atoms with Crippen molar-refractivity contribution in [1.82, 2.24) is 20.2 Å². The van der Waals surface area contributed by atoms with E-state index in [0.717, 1.165) is 0 Å². The van der Waals surface area contributed by atoms with E-state index in [4.69, 9.17) is 4.74 Å². The van der Waals surface area contributed by atoms with Gasteiger partial charge in [-0.2, -0.15) is 0 Å². The number of morpholine rings is 1. The van der Waals surface area contributed by atoms with Crippen LogP contribution in [0.3, 0.4) is 0 Å². The van der Waals surface area contributed by atoms with Crippen molar-refractivity contribution in [3.63, 3.8) is 0 Å². The second-order valence-corrected chi connectivity index (χ2v) is 5.15. The molecule has 0 radical (unpaired) electrons. The van der Waals surface area contributed by atoms with E-state index in [9.17, 15) is 9.59 Å². The summed E-state index contributed by atoms with van der Waals surface area (Å²) in [7, 11) is 1.72. The SMILES string of the molecule is CSc1ncc(C(=O)NCC2CN(C)C(=O)CO2)cn1. The molecule has 0 spiro atoms. The molecule has 2 amide bonds. The zero-order valence-corrected chi connectivity index (χ0v) is 12.1. The average Bonchev–Trinajstić information content (AvgIpc) is 2.48. The molecule has 108 valence electrons. The quantitative estimate of drug-likeness (QED) is 0.611. The van der Waals surface area contributed by atoms with Gasteiger partial charge in [0.25, 0.3) is 5.91 Å². The van der Waals surface area contributed by atoms with E-state index < -0.39 is 0 Å². The van der Waals surface area contributed by atoms with Crippen molar-refractivity contribution >= 4 is 23.6 Å². The third kappa shape index (κ3) is 3.67. The number of carbonyl (C=O) groups excluding carboxylic acids is 2. The van der Waals surface area contributed by atoms with Crippen LogP contribution in [0.15, 0.2) is 17.6 Å². The minimum atomic E-state index is -0.249. The number of ether oxygens (including phenoxy) is 1. The lowest BCUT2D eigenvalue weighted by atomic mass is 10.2. The first kappa shape index (κ1) is 14.7. The van der Waals surface area contributed by atoms with Gasteiger partial charge in [-0.15, -0.1) is 0 Å². The van der Waals surface area contributed by atoms with Crippen LogP contribution in [0, 0.1) is 0 Å². The number of hydrogen-bond donors (Lipinski definition) is 1. The molecular formula is C12H16N4O3S. The Hall–Kier alpha value is -1.67. The van der Waals surface area contributed by atoms with E-state index >= 15 is 0 Å². The van der Waals surface area contributed by atoms with Crippen LogP contribution < -0.4 is 5.32 Å². The third-order valence-electron chi connectivity index (χ3n) is 2.91. The number of likely N-dealkylation sites (N-methyl/N-ethyl adjacent to an activating group) is 1. The van der Waals surface area contributed by atoms with Crippen molar-refractivity contribution in [3.8, 4) is 0 Å². The lowest BCUT2D eigenvalue weighted by Gasteiger charge is -2.29. The predicted molar refractivity (Wildman–Crippen MR) is 73.5 cm³/mol. The molecule has 2 rings (SSSR count). The number of amides is 2. The molecule has 7 nitrogen and oxygen atoms in total. The largest absolute Gasteiger partial charge is 0.365 e. The maximum Gasteiger partial charge on any atom is 0.254 e. The van der Waals surface area contributed by atoms with Crippen LogP contribution in [-0.2, 0) is 9.53 Å². The van der Waals surface area contributed by atoms with Gasteiger partial charge in [-0.3, -0.25) is 9.59 Å². The van der Waals surface area contributed by atoms with Crippen molar-refractivity contribution < 1.29 is 14.3 Å². The van der Waals surface area contributed by atoms with Crippen molar-refractivity contribution in [3.05, 3.63) is 18.0 Å². The number of aromatic nitrogens is 2. The van der Waals surface area contributed by atoms with Crippen LogP contribution in [0.25, 0.3) is 0 Å². The summed E-state index contributed by atoms with van der Waals surface area (Å²) in [6, 6.07) is 0. The molecule has 1 saturated heterocycles. The number of nitrogens with one attached hydrogen (secondary N) is 1. The van der Waals surface area contributed by atoms with Crippen molar-refractivity contribution in [2.45, 2.75) is 11.3 Å². The van der Waals surface area contributed by atoms with Crippen LogP contribution in [0.4, 0.5) is 0 Å². The maximum absolute atomic E-state index is 11.9. The summed E-state index contributed by atoms with van der Waals surface area (Å²) in [6.45, 7) is 0.879. The lowest BCUT2D eigenvalue weighted by molar-refractivity contribution is -0.146. The molecule has 0 aliphatic carbocycles. The highest BCUT2D eigenvalue weighted by Crippen LogP contribution is 2.07. The summed E-state index contributed by atoms with van der Waals surface area (Å²) >= 11 is 1.41. The summed E-state index contributed by atoms with van der Waals surface area (Å²) in [5, 5.41) is 3.38. The molecule has 1 aromatic heterocycles. The van der Waals surface area contributed by atoms with E-state index in [-0.39, 0.29) is 24.5 Å². The number of carbonyl (C=O) groups is 2. The van der Waals surface area contributed by atoms with Gasteiger partial charge in [-0.05, 0) is 6.26 Å². The second kappa shape index (κ2) is 6.67. The van der Waals surface area contributed by atoms with E-state index in [0.29, 0.717) is 23.8 Å². The van der Waals surface area contributed by atoms with E-state index in [1.807, 2.05) is 6.26 Å². The molecule has 20 heavy (non-hydrogen) atoms. The molecule has 1 aliphatic heterocycles. The Kier molecular flexibility index (Phi) is 4.91. The zero-order chi connectivity index (χ0) is 14.5. The number of nitrogens with zero attached hydrogens (tertiary/aromatic N) is 3. The predicted octanol–water partition coefficient (Wildman–Crippen LogP) is -0.214. The normalized spacial score (nSPS) is 19.0. The Labute approximate surface area is 121 Å². The van der Waals surface area contributed by atoms with E-state index in [1.54, 1.807) is 11.9 Å². The van der Waals surface area contributed by atoms with Crippen LogP contribution >= 0.6 is 11.8 Å². The highest BCUT2D eigenvalue weighted by Gasteiger charge is 2.23. The minimum Gasteiger partial charge on any atom is -0.365 e. The van der Waals surface area contributed by atoms with Gasteiger partial charge < -0.3 is 15.0 Å². The zero-order valence-electron chi connectivity index (χ0n) is 11.3. The Balaban J connectivity index is 1.84. The van der Waals surface area contributed by atoms with Gasteiger partial charge in [0.2, 0.25) is 5.91 Å². The molecule has 2 heterocycles. The standard InChI is InChI=1S/C12H16N4O3S/c1-16-6-9(19-7-10(16)17)5-13-11(18)8-3-14-12(20-2)15-4-8/h3-4,9H,5-7H2,1-2H3,(H,13,18). The molecule has 0 aromatic carbocycles. The molecule has 1 aromatic rings. The Bertz CT molecular complexity index is 494. The van der Waals surface area contributed by atoms with Crippen molar-refractivity contribution in [2.75, 3.05) is 33.0 Å². The number of rotatable bonds is 4. The monoisotopic (exact) mass is 296 g/mol. The van der Waals surface area contributed by atoms with Crippen LogP contribution in [0.5, 0.6) is 0 Å². The number of hydrogen-bond acceptors (Lipinski definition) is 6. The molecule has 0 bridgehead atoms.